The van der Waals surface area contributed by atoms with Crippen molar-refractivity contribution in [2.75, 3.05) is 26.2 Å². The quantitative estimate of drug-likeness (QED) is 0.853. The average molecular weight is 239 g/mol. The molecular formula is C13H21NOS. The Morgan fingerprint density at radius 1 is 1.38 bits per heavy atom. The van der Waals surface area contributed by atoms with Crippen molar-refractivity contribution in [3.63, 3.8) is 0 Å². The van der Waals surface area contributed by atoms with Gasteiger partial charge in [-0.3, -0.25) is 0 Å². The fourth-order valence-electron chi connectivity index (χ4n) is 2.02. The van der Waals surface area contributed by atoms with Gasteiger partial charge in [0.15, 0.2) is 0 Å². The van der Waals surface area contributed by atoms with Crippen LogP contribution in [0, 0.1) is 13.8 Å². The van der Waals surface area contributed by atoms with Crippen LogP contribution in [0.1, 0.15) is 22.7 Å². The summed E-state index contributed by atoms with van der Waals surface area (Å²) < 4.78 is 5.51. The first kappa shape index (κ1) is 13.4. The molecule has 16 heavy (non-hydrogen) atoms. The fraction of sp³-hybridized carbons (Fsp3) is 0.538. The lowest BCUT2D eigenvalue weighted by atomic mass is 10.0. The molecule has 0 radical (unpaired) electrons. The highest BCUT2D eigenvalue weighted by Gasteiger charge is 2.16. The van der Waals surface area contributed by atoms with E-state index in [1.54, 1.807) is 7.11 Å². The van der Waals surface area contributed by atoms with E-state index >= 15 is 0 Å². The minimum Gasteiger partial charge on any atom is -0.496 e. The number of aryl methyl sites for hydroxylation is 2. The van der Waals surface area contributed by atoms with Crippen LogP contribution in [0.2, 0.25) is 0 Å². The van der Waals surface area contributed by atoms with Crippen molar-refractivity contribution in [2.24, 2.45) is 0 Å². The Bertz CT molecular complexity index is 352. The second-order valence-electron chi connectivity index (χ2n) is 4.00. The van der Waals surface area contributed by atoms with Gasteiger partial charge < -0.3 is 10.1 Å². The lowest BCUT2D eigenvalue weighted by Crippen LogP contribution is -2.19. The van der Waals surface area contributed by atoms with E-state index in [0.29, 0.717) is 6.04 Å². The minimum absolute atomic E-state index is 0.351. The maximum atomic E-state index is 5.51. The Morgan fingerprint density at radius 2 is 2.06 bits per heavy atom. The van der Waals surface area contributed by atoms with Crippen LogP contribution >= 0.6 is 11.8 Å². The maximum Gasteiger partial charge on any atom is 0.126 e. The van der Waals surface area contributed by atoms with Gasteiger partial charge in [0.2, 0.25) is 0 Å². The first-order chi connectivity index (χ1) is 7.63. The smallest absolute Gasteiger partial charge is 0.126 e. The average Bonchev–Trinajstić information content (AvgIpc) is 2.25. The third-order valence-electron chi connectivity index (χ3n) is 2.71. The molecule has 1 aromatic carbocycles. The van der Waals surface area contributed by atoms with E-state index in [4.69, 9.17) is 4.74 Å². The number of thioether (sulfide) groups is 1. The molecular weight excluding hydrogens is 218 g/mol. The third-order valence-corrected chi connectivity index (χ3v) is 3.38. The lowest BCUT2D eigenvalue weighted by molar-refractivity contribution is 0.401. The highest BCUT2D eigenvalue weighted by molar-refractivity contribution is 7.98. The predicted octanol–water partition coefficient (Wildman–Crippen LogP) is 2.94. The van der Waals surface area contributed by atoms with Gasteiger partial charge in [0.05, 0.1) is 7.11 Å². The monoisotopic (exact) mass is 239 g/mol. The minimum atomic E-state index is 0.351. The van der Waals surface area contributed by atoms with Gasteiger partial charge in [0.1, 0.15) is 5.75 Å². The molecule has 1 aromatic rings. The van der Waals surface area contributed by atoms with Crippen molar-refractivity contribution in [3.8, 4) is 5.75 Å². The van der Waals surface area contributed by atoms with Crippen molar-refractivity contribution in [1.82, 2.24) is 5.32 Å². The number of nitrogens with one attached hydrogen (secondary N) is 1. The molecule has 1 rings (SSSR count). The molecule has 2 nitrogen and oxygen atoms in total. The number of rotatable bonds is 5. The second-order valence-corrected chi connectivity index (χ2v) is 4.91. The molecule has 0 spiro atoms. The Balaban J connectivity index is 3.17. The summed E-state index contributed by atoms with van der Waals surface area (Å²) in [4.78, 5) is 0. The Labute approximate surface area is 103 Å². The van der Waals surface area contributed by atoms with Crippen LogP contribution in [0.25, 0.3) is 0 Å². The van der Waals surface area contributed by atoms with Crippen LogP contribution in [0.3, 0.4) is 0 Å². The third kappa shape index (κ3) is 2.92. The van der Waals surface area contributed by atoms with Crippen molar-refractivity contribution in [1.29, 1.82) is 0 Å². The van der Waals surface area contributed by atoms with Gasteiger partial charge in [0.25, 0.3) is 0 Å². The highest BCUT2D eigenvalue weighted by Crippen LogP contribution is 2.31. The number of hydrogen-bond donors (Lipinski definition) is 1. The Morgan fingerprint density at radius 3 is 2.56 bits per heavy atom. The molecule has 0 aromatic heterocycles. The standard InChI is InChI=1S/C13H21NOS/c1-9-6-10(2)13(15-4)11(7-9)12(14-3)8-16-5/h6-7,12,14H,8H2,1-5H3. The summed E-state index contributed by atoms with van der Waals surface area (Å²) in [5.74, 6) is 2.06. The van der Waals surface area contributed by atoms with E-state index in [2.05, 4.69) is 37.6 Å². The first-order valence-corrected chi connectivity index (χ1v) is 6.84. The number of ether oxygens (including phenoxy) is 1. The Kier molecular flexibility index (Phi) is 5.16. The van der Waals surface area contributed by atoms with E-state index in [1.165, 1.54) is 16.7 Å². The second kappa shape index (κ2) is 6.16. The van der Waals surface area contributed by atoms with Gasteiger partial charge in [-0.1, -0.05) is 17.7 Å². The van der Waals surface area contributed by atoms with Crippen LogP contribution in [-0.4, -0.2) is 26.2 Å². The molecule has 0 bridgehead atoms. The molecule has 0 amide bonds. The molecule has 1 unspecified atom stereocenters. The SMILES string of the molecule is CNC(CSC)c1cc(C)cc(C)c1OC. The topological polar surface area (TPSA) is 21.3 Å². The van der Waals surface area contributed by atoms with E-state index in [0.717, 1.165) is 11.5 Å². The summed E-state index contributed by atoms with van der Waals surface area (Å²) in [5.41, 5.74) is 3.75. The molecule has 0 saturated carbocycles. The zero-order chi connectivity index (χ0) is 12.1. The van der Waals surface area contributed by atoms with Crippen LogP contribution < -0.4 is 10.1 Å². The molecule has 0 saturated heterocycles. The summed E-state index contributed by atoms with van der Waals surface area (Å²) in [6, 6.07) is 4.72. The normalized spacial score (nSPS) is 12.6. The van der Waals surface area contributed by atoms with Crippen LogP contribution in [-0.2, 0) is 0 Å². The molecule has 0 heterocycles. The van der Waals surface area contributed by atoms with Gasteiger partial charge in [0, 0.05) is 17.4 Å². The van der Waals surface area contributed by atoms with Crippen molar-refractivity contribution in [3.05, 3.63) is 28.8 Å². The summed E-state index contributed by atoms with van der Waals surface area (Å²) in [5, 5.41) is 3.35. The van der Waals surface area contributed by atoms with Gasteiger partial charge in [-0.2, -0.15) is 11.8 Å². The maximum absolute atomic E-state index is 5.51. The molecule has 0 aliphatic heterocycles. The molecule has 0 aliphatic rings. The van der Waals surface area contributed by atoms with Crippen molar-refractivity contribution in [2.45, 2.75) is 19.9 Å². The summed E-state index contributed by atoms with van der Waals surface area (Å²) >= 11 is 1.84. The Hall–Kier alpha value is -0.670. The van der Waals surface area contributed by atoms with E-state index in [-0.39, 0.29) is 0 Å². The first-order valence-electron chi connectivity index (χ1n) is 5.45. The summed E-state index contributed by atoms with van der Waals surface area (Å²) in [7, 11) is 3.74. The van der Waals surface area contributed by atoms with Crippen LogP contribution in [0.15, 0.2) is 12.1 Å². The summed E-state index contributed by atoms with van der Waals surface area (Å²) in [6.45, 7) is 4.23. The molecule has 0 aliphatic carbocycles. The van der Waals surface area contributed by atoms with Gasteiger partial charge in [-0.15, -0.1) is 0 Å². The predicted molar refractivity (Wildman–Crippen MR) is 72.7 cm³/mol. The van der Waals surface area contributed by atoms with Crippen LogP contribution in [0.5, 0.6) is 5.75 Å². The number of benzene rings is 1. The van der Waals surface area contributed by atoms with Crippen molar-refractivity contribution < 1.29 is 4.74 Å². The largest absolute Gasteiger partial charge is 0.496 e. The van der Waals surface area contributed by atoms with E-state index < -0.39 is 0 Å². The molecule has 90 valence electrons. The molecule has 1 atom stereocenters. The highest BCUT2D eigenvalue weighted by atomic mass is 32.2. The van der Waals surface area contributed by atoms with Gasteiger partial charge in [-0.05, 0) is 32.7 Å². The van der Waals surface area contributed by atoms with Gasteiger partial charge >= 0.3 is 0 Å². The lowest BCUT2D eigenvalue weighted by Gasteiger charge is -2.20. The van der Waals surface area contributed by atoms with Crippen molar-refractivity contribution >= 4 is 11.8 Å². The zero-order valence-electron chi connectivity index (χ0n) is 10.8. The van der Waals surface area contributed by atoms with Crippen LogP contribution in [0.4, 0.5) is 0 Å². The summed E-state index contributed by atoms with van der Waals surface area (Å²) in [6.07, 6.45) is 2.12. The molecule has 3 heteroatoms. The fourth-order valence-corrected chi connectivity index (χ4v) is 2.70. The van der Waals surface area contributed by atoms with Gasteiger partial charge in [-0.25, -0.2) is 0 Å². The van der Waals surface area contributed by atoms with E-state index in [9.17, 15) is 0 Å². The number of methoxy groups -OCH3 is 1. The number of hydrogen-bond acceptors (Lipinski definition) is 3. The molecule has 0 fully saturated rings. The molecule has 1 N–H and O–H groups in total. The zero-order valence-corrected chi connectivity index (χ0v) is 11.6. The van der Waals surface area contributed by atoms with E-state index in [1.807, 2.05) is 18.8 Å².